The van der Waals surface area contributed by atoms with Crippen molar-refractivity contribution in [1.82, 2.24) is 4.98 Å². The van der Waals surface area contributed by atoms with Gasteiger partial charge < -0.3 is 16.2 Å². The molecule has 1 aliphatic rings. The minimum atomic E-state index is -0.715. The summed E-state index contributed by atoms with van der Waals surface area (Å²) in [4.78, 5) is 26.0. The van der Waals surface area contributed by atoms with Crippen molar-refractivity contribution in [2.24, 2.45) is 11.7 Å². The zero-order chi connectivity index (χ0) is 13.8. The summed E-state index contributed by atoms with van der Waals surface area (Å²) in [6.45, 7) is 0. The minimum Gasteiger partial charge on any atom is -0.481 e. The van der Waals surface area contributed by atoms with Crippen LogP contribution in [0.15, 0.2) is 18.2 Å². The molecule has 0 spiro atoms. The van der Waals surface area contributed by atoms with Crippen LogP contribution < -0.4 is 11.1 Å². The fourth-order valence-electron chi connectivity index (χ4n) is 2.35. The van der Waals surface area contributed by atoms with Crippen LogP contribution in [0.1, 0.15) is 36.2 Å². The quantitative estimate of drug-likeness (QED) is 0.757. The van der Waals surface area contributed by atoms with Gasteiger partial charge in [-0.25, -0.2) is 4.98 Å². The van der Waals surface area contributed by atoms with E-state index in [9.17, 15) is 9.59 Å². The summed E-state index contributed by atoms with van der Waals surface area (Å²) >= 11 is 0. The third kappa shape index (κ3) is 3.43. The number of nitrogens with one attached hydrogen (secondary N) is 1. The van der Waals surface area contributed by atoms with Crippen molar-refractivity contribution in [3.05, 3.63) is 23.9 Å². The van der Waals surface area contributed by atoms with Gasteiger partial charge in [0.05, 0.1) is 5.92 Å². The number of aromatic nitrogens is 1. The molecule has 0 radical (unpaired) electrons. The first kappa shape index (κ1) is 13.3. The zero-order valence-electron chi connectivity index (χ0n) is 10.5. The largest absolute Gasteiger partial charge is 0.481 e. The van der Waals surface area contributed by atoms with Crippen LogP contribution in [0, 0.1) is 5.92 Å². The summed E-state index contributed by atoms with van der Waals surface area (Å²) in [5, 5.41) is 12.2. The number of anilines is 1. The van der Waals surface area contributed by atoms with Crippen LogP contribution in [0.2, 0.25) is 0 Å². The SMILES string of the molecule is NC(=O)c1cccc(NC2CCC(C(=O)O)CC2)n1. The first-order valence-electron chi connectivity index (χ1n) is 6.32. The van der Waals surface area contributed by atoms with E-state index in [0.717, 1.165) is 12.8 Å². The molecule has 2 rings (SSSR count). The lowest BCUT2D eigenvalue weighted by Gasteiger charge is -2.27. The average molecular weight is 263 g/mol. The van der Waals surface area contributed by atoms with Gasteiger partial charge in [-0.3, -0.25) is 9.59 Å². The molecule has 1 heterocycles. The molecule has 6 heteroatoms. The Morgan fingerprint density at radius 1 is 1.26 bits per heavy atom. The third-order valence-electron chi connectivity index (χ3n) is 3.43. The summed E-state index contributed by atoms with van der Waals surface area (Å²) in [6.07, 6.45) is 2.92. The summed E-state index contributed by atoms with van der Waals surface area (Å²) < 4.78 is 0. The highest BCUT2D eigenvalue weighted by molar-refractivity contribution is 5.91. The van der Waals surface area contributed by atoms with Crippen molar-refractivity contribution in [2.45, 2.75) is 31.7 Å². The molecule has 102 valence electrons. The van der Waals surface area contributed by atoms with E-state index in [1.54, 1.807) is 18.2 Å². The molecule has 0 bridgehead atoms. The van der Waals surface area contributed by atoms with Crippen molar-refractivity contribution >= 4 is 17.7 Å². The van der Waals surface area contributed by atoms with Gasteiger partial charge >= 0.3 is 5.97 Å². The fourth-order valence-corrected chi connectivity index (χ4v) is 2.35. The molecule has 0 atom stereocenters. The van der Waals surface area contributed by atoms with Gasteiger partial charge in [-0.1, -0.05) is 6.07 Å². The second-order valence-corrected chi connectivity index (χ2v) is 4.80. The molecule has 0 saturated heterocycles. The summed E-state index contributed by atoms with van der Waals surface area (Å²) in [6, 6.07) is 5.26. The Balaban J connectivity index is 1.94. The van der Waals surface area contributed by atoms with E-state index in [0.29, 0.717) is 18.7 Å². The first-order chi connectivity index (χ1) is 9.06. The smallest absolute Gasteiger partial charge is 0.306 e. The zero-order valence-corrected chi connectivity index (χ0v) is 10.5. The number of hydrogen-bond donors (Lipinski definition) is 3. The van der Waals surface area contributed by atoms with Gasteiger partial charge in [0.15, 0.2) is 0 Å². The normalized spacial score (nSPS) is 22.7. The van der Waals surface area contributed by atoms with E-state index < -0.39 is 11.9 Å². The molecule has 0 aliphatic heterocycles. The average Bonchev–Trinajstić information content (AvgIpc) is 2.39. The number of carboxylic acids is 1. The molecular formula is C13H17N3O3. The third-order valence-corrected chi connectivity index (χ3v) is 3.43. The highest BCUT2D eigenvalue weighted by atomic mass is 16.4. The monoisotopic (exact) mass is 263 g/mol. The van der Waals surface area contributed by atoms with Gasteiger partial charge in [-0.05, 0) is 37.8 Å². The number of pyridine rings is 1. The minimum absolute atomic E-state index is 0.200. The van der Waals surface area contributed by atoms with E-state index in [1.165, 1.54) is 0 Å². The number of carbonyl (C=O) groups excluding carboxylic acids is 1. The van der Waals surface area contributed by atoms with Crippen LogP contribution in [0.3, 0.4) is 0 Å². The Kier molecular flexibility index (Phi) is 3.99. The predicted molar refractivity (Wildman–Crippen MR) is 69.8 cm³/mol. The molecule has 4 N–H and O–H groups in total. The number of hydrogen-bond acceptors (Lipinski definition) is 4. The molecule has 1 saturated carbocycles. The Labute approximate surface area is 111 Å². The Morgan fingerprint density at radius 3 is 2.53 bits per heavy atom. The van der Waals surface area contributed by atoms with Crippen LogP contribution in [0.4, 0.5) is 5.82 Å². The number of amides is 1. The Hall–Kier alpha value is -2.11. The molecule has 19 heavy (non-hydrogen) atoms. The molecule has 1 aromatic rings. The maximum atomic E-state index is 11.0. The summed E-state index contributed by atoms with van der Waals surface area (Å²) in [7, 11) is 0. The highest BCUT2D eigenvalue weighted by Gasteiger charge is 2.25. The summed E-state index contributed by atoms with van der Waals surface area (Å²) in [5.74, 6) is -0.899. The Bertz CT molecular complexity index is 482. The predicted octanol–water partition coefficient (Wildman–Crippen LogP) is 1.24. The molecule has 1 aromatic heterocycles. The van der Waals surface area contributed by atoms with Crippen molar-refractivity contribution in [3.63, 3.8) is 0 Å². The topological polar surface area (TPSA) is 105 Å². The lowest BCUT2D eigenvalue weighted by Crippen LogP contribution is -2.29. The second-order valence-electron chi connectivity index (χ2n) is 4.80. The van der Waals surface area contributed by atoms with Gasteiger partial charge in [0.2, 0.25) is 0 Å². The van der Waals surface area contributed by atoms with E-state index in [2.05, 4.69) is 10.3 Å². The van der Waals surface area contributed by atoms with Gasteiger partial charge in [0, 0.05) is 6.04 Å². The van der Waals surface area contributed by atoms with Crippen molar-refractivity contribution in [2.75, 3.05) is 5.32 Å². The number of carboxylic acid groups (broad SMARTS) is 1. The van der Waals surface area contributed by atoms with Crippen LogP contribution in [-0.4, -0.2) is 28.0 Å². The second kappa shape index (κ2) is 5.69. The van der Waals surface area contributed by atoms with Crippen LogP contribution in [0.25, 0.3) is 0 Å². The van der Waals surface area contributed by atoms with Crippen molar-refractivity contribution in [1.29, 1.82) is 0 Å². The van der Waals surface area contributed by atoms with Crippen LogP contribution in [-0.2, 0) is 4.79 Å². The number of nitrogens with two attached hydrogens (primary N) is 1. The van der Waals surface area contributed by atoms with Crippen molar-refractivity contribution < 1.29 is 14.7 Å². The van der Waals surface area contributed by atoms with E-state index in [-0.39, 0.29) is 17.7 Å². The first-order valence-corrected chi connectivity index (χ1v) is 6.32. The molecular weight excluding hydrogens is 246 g/mol. The number of primary amides is 1. The molecule has 1 aliphatic carbocycles. The number of rotatable bonds is 4. The molecule has 6 nitrogen and oxygen atoms in total. The number of carbonyl (C=O) groups is 2. The lowest BCUT2D eigenvalue weighted by atomic mass is 9.86. The molecule has 0 unspecified atom stereocenters. The number of aliphatic carboxylic acids is 1. The maximum absolute atomic E-state index is 11.0. The standard InChI is InChI=1S/C13H17N3O3/c14-12(17)10-2-1-3-11(16-10)15-9-6-4-8(5-7-9)13(18)19/h1-3,8-9H,4-7H2,(H2,14,17)(H,15,16)(H,18,19). The van der Waals surface area contributed by atoms with Gasteiger partial charge in [0.1, 0.15) is 11.5 Å². The van der Waals surface area contributed by atoms with Crippen LogP contribution in [0.5, 0.6) is 0 Å². The molecule has 0 aromatic carbocycles. The van der Waals surface area contributed by atoms with Gasteiger partial charge in [-0.2, -0.15) is 0 Å². The Morgan fingerprint density at radius 2 is 1.95 bits per heavy atom. The highest BCUT2D eigenvalue weighted by Crippen LogP contribution is 2.26. The van der Waals surface area contributed by atoms with Crippen LogP contribution >= 0.6 is 0 Å². The maximum Gasteiger partial charge on any atom is 0.306 e. The van der Waals surface area contributed by atoms with E-state index in [4.69, 9.17) is 10.8 Å². The van der Waals surface area contributed by atoms with E-state index in [1.807, 2.05) is 0 Å². The lowest BCUT2D eigenvalue weighted by molar-refractivity contribution is -0.142. The van der Waals surface area contributed by atoms with Crippen molar-refractivity contribution in [3.8, 4) is 0 Å². The molecule has 1 amide bonds. The fraction of sp³-hybridized carbons (Fsp3) is 0.462. The van der Waals surface area contributed by atoms with Gasteiger partial charge in [0.25, 0.3) is 5.91 Å². The van der Waals surface area contributed by atoms with E-state index >= 15 is 0 Å². The van der Waals surface area contributed by atoms with Gasteiger partial charge in [-0.15, -0.1) is 0 Å². The summed E-state index contributed by atoms with van der Waals surface area (Å²) in [5.41, 5.74) is 5.40. The number of nitrogens with zero attached hydrogens (tertiary/aromatic N) is 1. The molecule has 1 fully saturated rings.